The minimum Gasteiger partial charge on any atom is -0.334 e. The number of carbonyl (C=O) groups excluding carboxylic acids is 1. The molecular formula is C12H14F2N2O. The number of nitrogens with zero attached hydrogens (tertiary/aromatic N) is 1. The Morgan fingerprint density at radius 1 is 1.47 bits per heavy atom. The van der Waals surface area contributed by atoms with Crippen molar-refractivity contribution >= 4 is 5.91 Å². The number of benzene rings is 1. The first-order valence-electron chi connectivity index (χ1n) is 5.59. The van der Waals surface area contributed by atoms with Crippen molar-refractivity contribution in [1.82, 2.24) is 4.90 Å². The Morgan fingerprint density at radius 2 is 2.24 bits per heavy atom. The maximum atomic E-state index is 13.5. The van der Waals surface area contributed by atoms with Gasteiger partial charge in [-0.3, -0.25) is 4.79 Å². The number of hydrogen-bond acceptors (Lipinski definition) is 2. The monoisotopic (exact) mass is 240 g/mol. The van der Waals surface area contributed by atoms with Gasteiger partial charge in [0.2, 0.25) is 0 Å². The summed E-state index contributed by atoms with van der Waals surface area (Å²) in [7, 11) is 0. The van der Waals surface area contributed by atoms with Gasteiger partial charge in [-0.2, -0.15) is 0 Å². The molecule has 0 saturated carbocycles. The Morgan fingerprint density at radius 3 is 2.94 bits per heavy atom. The van der Waals surface area contributed by atoms with Crippen LogP contribution in [0.15, 0.2) is 18.2 Å². The topological polar surface area (TPSA) is 46.3 Å². The third-order valence-corrected chi connectivity index (χ3v) is 3.07. The largest absolute Gasteiger partial charge is 0.334 e. The SMILES string of the molecule is NC[C@@H]1CCCN1C(=O)c1cc(F)ccc1F. The number of rotatable bonds is 2. The fourth-order valence-electron chi connectivity index (χ4n) is 2.16. The third-order valence-electron chi connectivity index (χ3n) is 3.07. The molecular weight excluding hydrogens is 226 g/mol. The van der Waals surface area contributed by atoms with E-state index in [1.54, 1.807) is 0 Å². The van der Waals surface area contributed by atoms with Gasteiger partial charge in [0, 0.05) is 19.1 Å². The van der Waals surface area contributed by atoms with Crippen molar-refractivity contribution in [1.29, 1.82) is 0 Å². The number of hydrogen-bond donors (Lipinski definition) is 1. The molecule has 1 amide bonds. The molecule has 1 fully saturated rings. The first-order chi connectivity index (χ1) is 8.13. The number of nitrogens with two attached hydrogens (primary N) is 1. The standard InChI is InChI=1S/C12H14F2N2O/c13-8-3-4-11(14)10(6-8)12(17)16-5-1-2-9(16)7-15/h3-4,6,9H,1-2,5,7,15H2/t9-/m0/s1. The Kier molecular flexibility index (Phi) is 3.38. The van der Waals surface area contributed by atoms with Crippen molar-refractivity contribution < 1.29 is 13.6 Å². The first-order valence-corrected chi connectivity index (χ1v) is 5.59. The smallest absolute Gasteiger partial charge is 0.257 e. The Hall–Kier alpha value is -1.49. The van der Waals surface area contributed by atoms with Crippen LogP contribution >= 0.6 is 0 Å². The molecule has 1 atom stereocenters. The van der Waals surface area contributed by atoms with E-state index in [1.165, 1.54) is 4.90 Å². The van der Waals surface area contributed by atoms with Gasteiger partial charge in [0.15, 0.2) is 0 Å². The van der Waals surface area contributed by atoms with Crippen molar-refractivity contribution in [2.24, 2.45) is 5.73 Å². The van der Waals surface area contributed by atoms with E-state index in [9.17, 15) is 13.6 Å². The van der Waals surface area contributed by atoms with Gasteiger partial charge in [0.05, 0.1) is 5.56 Å². The van der Waals surface area contributed by atoms with Crippen LogP contribution in [0.25, 0.3) is 0 Å². The van der Waals surface area contributed by atoms with Gasteiger partial charge < -0.3 is 10.6 Å². The second-order valence-electron chi connectivity index (χ2n) is 4.15. The second-order valence-corrected chi connectivity index (χ2v) is 4.15. The van der Waals surface area contributed by atoms with Crippen molar-refractivity contribution in [2.75, 3.05) is 13.1 Å². The molecule has 0 bridgehead atoms. The van der Waals surface area contributed by atoms with Crippen molar-refractivity contribution in [3.63, 3.8) is 0 Å². The van der Waals surface area contributed by atoms with E-state index in [2.05, 4.69) is 0 Å². The summed E-state index contributed by atoms with van der Waals surface area (Å²) in [5, 5.41) is 0. The summed E-state index contributed by atoms with van der Waals surface area (Å²) < 4.78 is 26.5. The Labute approximate surface area is 98.2 Å². The maximum Gasteiger partial charge on any atom is 0.257 e. The van der Waals surface area contributed by atoms with E-state index in [4.69, 9.17) is 5.73 Å². The predicted octanol–water partition coefficient (Wildman–Crippen LogP) is 1.53. The summed E-state index contributed by atoms with van der Waals surface area (Å²) in [5.74, 6) is -1.78. The van der Waals surface area contributed by atoms with E-state index in [0.717, 1.165) is 31.0 Å². The molecule has 1 aromatic carbocycles. The van der Waals surface area contributed by atoms with Crippen LogP contribution < -0.4 is 5.73 Å². The summed E-state index contributed by atoms with van der Waals surface area (Å²) in [6.07, 6.45) is 1.67. The average Bonchev–Trinajstić information content (AvgIpc) is 2.79. The second kappa shape index (κ2) is 4.79. The fraction of sp³-hybridized carbons (Fsp3) is 0.417. The van der Waals surface area contributed by atoms with Crippen LogP contribution in [0.4, 0.5) is 8.78 Å². The summed E-state index contributed by atoms with van der Waals surface area (Å²) in [5.41, 5.74) is 5.33. The molecule has 2 N–H and O–H groups in total. The zero-order chi connectivity index (χ0) is 12.4. The van der Waals surface area contributed by atoms with Crippen LogP contribution in [-0.4, -0.2) is 29.9 Å². The van der Waals surface area contributed by atoms with Gasteiger partial charge in [-0.1, -0.05) is 0 Å². The molecule has 1 saturated heterocycles. The summed E-state index contributed by atoms with van der Waals surface area (Å²) >= 11 is 0. The summed E-state index contributed by atoms with van der Waals surface area (Å²) in [6, 6.07) is 2.83. The maximum absolute atomic E-state index is 13.5. The number of carbonyl (C=O) groups is 1. The van der Waals surface area contributed by atoms with Gasteiger partial charge in [-0.25, -0.2) is 8.78 Å². The zero-order valence-corrected chi connectivity index (χ0v) is 9.33. The van der Waals surface area contributed by atoms with E-state index in [-0.39, 0.29) is 11.6 Å². The third kappa shape index (κ3) is 2.29. The average molecular weight is 240 g/mol. The van der Waals surface area contributed by atoms with E-state index >= 15 is 0 Å². The minimum atomic E-state index is -0.695. The van der Waals surface area contributed by atoms with Crippen LogP contribution in [0.2, 0.25) is 0 Å². The van der Waals surface area contributed by atoms with Gasteiger partial charge in [-0.15, -0.1) is 0 Å². The fourth-order valence-corrected chi connectivity index (χ4v) is 2.16. The highest BCUT2D eigenvalue weighted by molar-refractivity contribution is 5.94. The highest BCUT2D eigenvalue weighted by Crippen LogP contribution is 2.21. The summed E-state index contributed by atoms with van der Waals surface area (Å²) in [4.78, 5) is 13.6. The zero-order valence-electron chi connectivity index (χ0n) is 9.33. The molecule has 0 aromatic heterocycles. The quantitative estimate of drug-likeness (QED) is 0.852. The summed E-state index contributed by atoms with van der Waals surface area (Å²) in [6.45, 7) is 0.902. The molecule has 1 aliphatic heterocycles. The molecule has 5 heteroatoms. The molecule has 0 unspecified atom stereocenters. The van der Waals surface area contributed by atoms with Gasteiger partial charge in [-0.05, 0) is 31.0 Å². The lowest BCUT2D eigenvalue weighted by Gasteiger charge is -2.23. The Balaban J connectivity index is 2.27. The number of halogens is 2. The molecule has 1 aromatic rings. The van der Waals surface area contributed by atoms with Crippen LogP contribution in [0.1, 0.15) is 23.2 Å². The molecule has 0 radical (unpaired) electrons. The highest BCUT2D eigenvalue weighted by atomic mass is 19.1. The lowest BCUT2D eigenvalue weighted by atomic mass is 10.1. The van der Waals surface area contributed by atoms with Crippen LogP contribution in [0, 0.1) is 11.6 Å². The van der Waals surface area contributed by atoms with Gasteiger partial charge in [0.25, 0.3) is 5.91 Å². The van der Waals surface area contributed by atoms with Gasteiger partial charge >= 0.3 is 0 Å². The molecule has 2 rings (SSSR count). The first kappa shape index (κ1) is 12.0. The van der Waals surface area contributed by atoms with E-state index in [0.29, 0.717) is 13.1 Å². The minimum absolute atomic E-state index is 0.0647. The molecule has 0 spiro atoms. The highest BCUT2D eigenvalue weighted by Gasteiger charge is 2.29. The Bertz CT molecular complexity index is 437. The molecule has 1 aliphatic rings. The number of likely N-dealkylation sites (tertiary alicyclic amines) is 1. The van der Waals surface area contributed by atoms with Crippen LogP contribution in [0.5, 0.6) is 0 Å². The van der Waals surface area contributed by atoms with Crippen molar-refractivity contribution in [3.05, 3.63) is 35.4 Å². The van der Waals surface area contributed by atoms with Gasteiger partial charge in [0.1, 0.15) is 11.6 Å². The van der Waals surface area contributed by atoms with Crippen LogP contribution in [-0.2, 0) is 0 Å². The van der Waals surface area contributed by atoms with E-state index in [1.807, 2.05) is 0 Å². The molecule has 0 aliphatic carbocycles. The molecule has 92 valence electrons. The molecule has 1 heterocycles. The number of amides is 1. The lowest BCUT2D eigenvalue weighted by Crippen LogP contribution is -2.40. The van der Waals surface area contributed by atoms with E-state index < -0.39 is 17.5 Å². The van der Waals surface area contributed by atoms with Crippen molar-refractivity contribution in [3.8, 4) is 0 Å². The molecule has 3 nitrogen and oxygen atoms in total. The van der Waals surface area contributed by atoms with Crippen molar-refractivity contribution in [2.45, 2.75) is 18.9 Å². The lowest BCUT2D eigenvalue weighted by molar-refractivity contribution is 0.0736. The normalized spacial score (nSPS) is 19.7. The molecule has 17 heavy (non-hydrogen) atoms. The van der Waals surface area contributed by atoms with Crippen LogP contribution in [0.3, 0.4) is 0 Å². The predicted molar refractivity (Wildman–Crippen MR) is 59.5 cm³/mol.